The third kappa shape index (κ3) is 2.75. The van der Waals surface area contributed by atoms with Crippen molar-refractivity contribution in [3.63, 3.8) is 0 Å². The van der Waals surface area contributed by atoms with E-state index in [4.69, 9.17) is 11.6 Å². The van der Waals surface area contributed by atoms with Crippen molar-refractivity contribution in [3.05, 3.63) is 50.6 Å². The molecule has 1 aromatic carbocycles. The molecule has 0 fully saturated rings. The maximum absolute atomic E-state index is 11.4. The number of nitrogens with zero attached hydrogens (tertiary/aromatic N) is 1. The maximum Gasteiger partial charge on any atom is 0.348 e. The summed E-state index contributed by atoms with van der Waals surface area (Å²) in [6.07, 6.45) is 0. The molecule has 0 N–H and O–H groups in total. The third-order valence-corrected chi connectivity index (χ3v) is 3.43. The van der Waals surface area contributed by atoms with E-state index in [0.717, 1.165) is 23.0 Å². The second-order valence-electron chi connectivity index (χ2n) is 3.36. The van der Waals surface area contributed by atoms with Crippen LogP contribution >= 0.6 is 22.9 Å². The molecule has 0 spiro atoms. The van der Waals surface area contributed by atoms with E-state index in [1.165, 1.54) is 7.11 Å². The van der Waals surface area contributed by atoms with E-state index in [9.17, 15) is 9.59 Å². The molecule has 6 heteroatoms. The van der Waals surface area contributed by atoms with Crippen LogP contribution in [0.1, 0.15) is 9.67 Å². The monoisotopic (exact) mass is 281 g/mol. The molecular weight excluding hydrogens is 274 g/mol. The maximum atomic E-state index is 11.4. The Balaban J connectivity index is 2.51. The molecule has 0 saturated carbocycles. The van der Waals surface area contributed by atoms with Crippen LogP contribution in [-0.2, 0) is 4.74 Å². The molecule has 0 unspecified atom stereocenters. The van der Waals surface area contributed by atoms with Crippen LogP contribution in [0.25, 0.3) is 10.6 Å². The zero-order valence-electron chi connectivity index (χ0n) is 9.34. The molecule has 1 heterocycles. The molecule has 0 atom stereocenters. The van der Waals surface area contributed by atoms with E-state index in [0.29, 0.717) is 10.0 Å². The zero-order valence-corrected chi connectivity index (χ0v) is 10.9. The average Bonchev–Trinajstić information content (AvgIpc) is 2.38. The summed E-state index contributed by atoms with van der Waals surface area (Å²) in [6, 6.07) is 8.03. The molecule has 4 nitrogen and oxygen atoms in total. The summed E-state index contributed by atoms with van der Waals surface area (Å²) in [5.74, 6) is -0.547. The van der Waals surface area contributed by atoms with Gasteiger partial charge in [-0.2, -0.15) is 4.98 Å². The van der Waals surface area contributed by atoms with Gasteiger partial charge in [0.15, 0.2) is 0 Å². The highest BCUT2D eigenvalue weighted by Gasteiger charge is 2.11. The summed E-state index contributed by atoms with van der Waals surface area (Å²) in [4.78, 5) is 26.9. The highest BCUT2D eigenvalue weighted by Crippen LogP contribution is 2.24. The lowest BCUT2D eigenvalue weighted by Gasteiger charge is -2.02. The Morgan fingerprint density at radius 3 is 2.61 bits per heavy atom. The van der Waals surface area contributed by atoms with Gasteiger partial charge in [-0.3, -0.25) is 4.79 Å². The van der Waals surface area contributed by atoms with Crippen LogP contribution in [-0.4, -0.2) is 18.1 Å². The lowest BCUT2D eigenvalue weighted by Crippen LogP contribution is -2.09. The van der Waals surface area contributed by atoms with Gasteiger partial charge in [-0.25, -0.2) is 4.79 Å². The molecule has 2 aromatic rings. The average molecular weight is 282 g/mol. The quantitative estimate of drug-likeness (QED) is 0.794. The number of hydrogen-bond donors (Lipinski definition) is 0. The summed E-state index contributed by atoms with van der Waals surface area (Å²) >= 11 is 6.88. The van der Waals surface area contributed by atoms with Gasteiger partial charge in [0.05, 0.1) is 7.11 Å². The number of hydrogen-bond acceptors (Lipinski definition) is 5. The van der Waals surface area contributed by atoms with Gasteiger partial charge in [-0.15, -0.1) is 11.3 Å². The number of benzene rings is 1. The molecule has 0 amide bonds. The molecule has 0 aliphatic heterocycles. The van der Waals surface area contributed by atoms with Crippen LogP contribution in [0.3, 0.4) is 0 Å². The van der Waals surface area contributed by atoms with Gasteiger partial charge in [0.25, 0.3) is 5.56 Å². The molecule has 0 aliphatic rings. The minimum atomic E-state index is -0.547. The molecule has 1 aromatic heterocycles. The summed E-state index contributed by atoms with van der Waals surface area (Å²) < 4.78 is 4.58. The molecule has 92 valence electrons. The second-order valence-corrected chi connectivity index (χ2v) is 4.83. The fourth-order valence-corrected chi connectivity index (χ4v) is 2.37. The molecule has 0 aliphatic carbocycles. The lowest BCUT2D eigenvalue weighted by atomic mass is 10.2. The predicted molar refractivity (Wildman–Crippen MR) is 70.2 cm³/mol. The SMILES string of the molecule is COC(=O)c1cc(=O)nc(-c2ccc(Cl)cc2)s1. The van der Waals surface area contributed by atoms with Crippen molar-refractivity contribution in [2.75, 3.05) is 7.11 Å². The van der Waals surface area contributed by atoms with E-state index in [1.807, 2.05) is 0 Å². The van der Waals surface area contributed by atoms with E-state index in [1.54, 1.807) is 24.3 Å². The smallest absolute Gasteiger partial charge is 0.348 e. The molecule has 0 saturated heterocycles. The third-order valence-electron chi connectivity index (χ3n) is 2.15. The van der Waals surface area contributed by atoms with Crippen molar-refractivity contribution >= 4 is 28.9 Å². The zero-order chi connectivity index (χ0) is 13.1. The minimum absolute atomic E-state index is 0.224. The summed E-state index contributed by atoms with van der Waals surface area (Å²) in [5, 5.41) is 1.05. The van der Waals surface area contributed by atoms with Crippen molar-refractivity contribution in [2.24, 2.45) is 0 Å². The summed E-state index contributed by atoms with van der Waals surface area (Å²) in [5.41, 5.74) is 0.256. The minimum Gasteiger partial charge on any atom is -0.465 e. The number of halogens is 1. The predicted octanol–water partition coefficient (Wildman–Crippen LogP) is 2.61. The number of ether oxygens (including phenoxy) is 1. The number of rotatable bonds is 2. The number of methoxy groups -OCH3 is 1. The molecule has 18 heavy (non-hydrogen) atoms. The number of carbonyl (C=O) groups excluding carboxylic acids is 1. The Labute approximate surface area is 112 Å². The first-order valence-corrected chi connectivity index (χ1v) is 6.16. The summed E-state index contributed by atoms with van der Waals surface area (Å²) in [7, 11) is 1.27. The fraction of sp³-hybridized carbons (Fsp3) is 0.0833. The van der Waals surface area contributed by atoms with Gasteiger partial charge < -0.3 is 4.74 Å². The highest BCUT2D eigenvalue weighted by molar-refractivity contribution is 7.16. The van der Waals surface area contributed by atoms with Gasteiger partial charge >= 0.3 is 5.97 Å². The van der Waals surface area contributed by atoms with E-state index in [2.05, 4.69) is 9.72 Å². The summed E-state index contributed by atoms with van der Waals surface area (Å²) in [6.45, 7) is 0. The molecule has 0 radical (unpaired) electrons. The Hall–Kier alpha value is -1.72. The topological polar surface area (TPSA) is 56.3 Å². The molecule has 2 rings (SSSR count). The van der Waals surface area contributed by atoms with Crippen LogP contribution < -0.4 is 5.56 Å². The number of aromatic nitrogens is 1. The van der Waals surface area contributed by atoms with Crippen LogP contribution in [0, 0.1) is 0 Å². The van der Waals surface area contributed by atoms with Gasteiger partial charge in [0.1, 0.15) is 9.88 Å². The van der Waals surface area contributed by atoms with Crippen LogP contribution in [0.4, 0.5) is 0 Å². The van der Waals surface area contributed by atoms with Crippen molar-refractivity contribution in [1.29, 1.82) is 0 Å². The first-order chi connectivity index (χ1) is 8.60. The Kier molecular flexibility index (Phi) is 3.74. The second kappa shape index (κ2) is 5.29. The van der Waals surface area contributed by atoms with Crippen LogP contribution in [0.5, 0.6) is 0 Å². The first-order valence-electron chi connectivity index (χ1n) is 4.96. The standard InChI is InChI=1S/C12H8ClNO3S/c1-17-12(16)9-6-10(15)14-11(18-9)7-2-4-8(13)5-3-7/h2-6H,1H3. The van der Waals surface area contributed by atoms with E-state index < -0.39 is 11.5 Å². The number of carbonyl (C=O) groups is 1. The van der Waals surface area contributed by atoms with Gasteiger partial charge in [-0.1, -0.05) is 23.7 Å². The van der Waals surface area contributed by atoms with Gasteiger partial charge in [0.2, 0.25) is 0 Å². The van der Waals surface area contributed by atoms with Crippen LogP contribution in [0.15, 0.2) is 35.1 Å². The van der Waals surface area contributed by atoms with E-state index in [-0.39, 0.29) is 4.88 Å². The molecular formula is C12H8ClNO3S. The Bertz CT molecular complexity index is 637. The van der Waals surface area contributed by atoms with Gasteiger partial charge in [0, 0.05) is 16.7 Å². The normalized spacial score (nSPS) is 10.1. The van der Waals surface area contributed by atoms with Crippen molar-refractivity contribution < 1.29 is 9.53 Å². The first kappa shape index (κ1) is 12.7. The van der Waals surface area contributed by atoms with Crippen molar-refractivity contribution in [2.45, 2.75) is 0 Å². The molecule has 0 bridgehead atoms. The van der Waals surface area contributed by atoms with E-state index >= 15 is 0 Å². The lowest BCUT2D eigenvalue weighted by molar-refractivity contribution is 0.0606. The Morgan fingerprint density at radius 1 is 1.33 bits per heavy atom. The fourth-order valence-electron chi connectivity index (χ4n) is 1.32. The highest BCUT2D eigenvalue weighted by atomic mass is 35.5. The van der Waals surface area contributed by atoms with Crippen LogP contribution in [0.2, 0.25) is 5.02 Å². The largest absolute Gasteiger partial charge is 0.465 e. The van der Waals surface area contributed by atoms with Crippen molar-refractivity contribution in [1.82, 2.24) is 4.98 Å². The van der Waals surface area contributed by atoms with Crippen molar-refractivity contribution in [3.8, 4) is 10.6 Å². The van der Waals surface area contributed by atoms with Gasteiger partial charge in [-0.05, 0) is 12.1 Å². The Morgan fingerprint density at radius 2 is 2.00 bits per heavy atom. The number of esters is 1.